The smallest absolute Gasteiger partial charge is 0.328 e. The molecule has 0 saturated carbocycles. The molecule has 2 aliphatic heterocycles. The van der Waals surface area contributed by atoms with E-state index >= 15 is 0 Å². The monoisotopic (exact) mass is 398 g/mol. The number of carbonyl (C=O) groups is 2. The second-order valence-electron chi connectivity index (χ2n) is 7.39. The lowest BCUT2D eigenvalue weighted by Gasteiger charge is -2.12. The number of benzene rings is 1. The second-order valence-corrected chi connectivity index (χ2v) is 8.51. The van der Waals surface area contributed by atoms with Crippen molar-refractivity contribution in [3.63, 3.8) is 0 Å². The molecule has 2 fully saturated rings. The van der Waals surface area contributed by atoms with Crippen LogP contribution in [0.2, 0.25) is 0 Å². The number of aliphatic carboxylic acids is 2. The van der Waals surface area contributed by atoms with Gasteiger partial charge in [0.05, 0.1) is 10.7 Å². The maximum atomic E-state index is 9.55. The van der Waals surface area contributed by atoms with Crippen molar-refractivity contribution in [3.8, 4) is 11.3 Å². The zero-order valence-corrected chi connectivity index (χ0v) is 16.2. The fraction of sp³-hybridized carbons (Fsp3) is 0.381. The lowest BCUT2D eigenvalue weighted by atomic mass is 10.0. The number of hydrogen-bond donors (Lipinski definition) is 2. The van der Waals surface area contributed by atoms with Gasteiger partial charge in [0.15, 0.2) is 0 Å². The SMILES string of the molecule is O=C(O)/C=C/C(=O)O.c1ccc2c(c1)Cc1sc([C@H]3C[C@H]4CCCN4C3)nc1-2. The Morgan fingerprint density at radius 1 is 1.18 bits per heavy atom. The third kappa shape index (κ3) is 3.86. The fourth-order valence-corrected chi connectivity index (χ4v) is 5.57. The van der Waals surface area contributed by atoms with Crippen LogP contribution >= 0.6 is 11.3 Å². The predicted molar refractivity (Wildman–Crippen MR) is 107 cm³/mol. The first-order valence-electron chi connectivity index (χ1n) is 9.47. The number of carboxylic acids is 2. The molecule has 0 spiro atoms. The molecule has 0 unspecified atom stereocenters. The van der Waals surface area contributed by atoms with Crippen molar-refractivity contribution in [2.75, 3.05) is 13.1 Å². The van der Waals surface area contributed by atoms with Crippen molar-refractivity contribution < 1.29 is 19.8 Å². The van der Waals surface area contributed by atoms with E-state index in [1.807, 2.05) is 11.3 Å². The topological polar surface area (TPSA) is 90.7 Å². The minimum Gasteiger partial charge on any atom is -0.478 e. The van der Waals surface area contributed by atoms with Crippen molar-refractivity contribution in [1.29, 1.82) is 0 Å². The molecule has 1 aromatic carbocycles. The summed E-state index contributed by atoms with van der Waals surface area (Å²) in [6.45, 7) is 2.56. The molecular formula is C21H22N2O4S. The van der Waals surface area contributed by atoms with Gasteiger partial charge in [-0.25, -0.2) is 14.6 Å². The predicted octanol–water partition coefficient (Wildman–Crippen LogP) is 3.38. The van der Waals surface area contributed by atoms with Gasteiger partial charge in [0, 0.05) is 47.5 Å². The Kier molecular flexibility index (Phi) is 5.28. The van der Waals surface area contributed by atoms with E-state index in [9.17, 15) is 9.59 Å². The number of hydrogen-bond acceptors (Lipinski definition) is 5. The Morgan fingerprint density at radius 2 is 1.93 bits per heavy atom. The normalized spacial score (nSPS) is 22.4. The Morgan fingerprint density at radius 3 is 2.64 bits per heavy atom. The van der Waals surface area contributed by atoms with Crippen molar-refractivity contribution in [1.82, 2.24) is 9.88 Å². The number of nitrogens with zero attached hydrogens (tertiary/aromatic N) is 2. The van der Waals surface area contributed by atoms with E-state index in [0.29, 0.717) is 18.1 Å². The van der Waals surface area contributed by atoms with E-state index in [1.54, 1.807) is 0 Å². The number of thiazole rings is 1. The van der Waals surface area contributed by atoms with Crippen LogP contribution in [0.4, 0.5) is 0 Å². The zero-order valence-electron chi connectivity index (χ0n) is 15.4. The van der Waals surface area contributed by atoms with Crippen LogP contribution in [0.5, 0.6) is 0 Å². The maximum absolute atomic E-state index is 9.55. The van der Waals surface area contributed by atoms with Crippen molar-refractivity contribution >= 4 is 23.3 Å². The lowest BCUT2D eigenvalue weighted by Crippen LogP contribution is -2.22. The standard InChI is InChI=1S/C17H18N2S.C4H4O4/c1-2-6-14-11(4-1)9-15-16(14)18-17(20-15)12-8-13-5-3-7-19(13)10-12;5-3(6)1-2-4(7)8/h1-2,4,6,12-13H,3,5,7-10H2;1-2H,(H,5,6)(H,7,8)/b;2-1+/t12-,13+;/m0./s1. The van der Waals surface area contributed by atoms with E-state index in [2.05, 4.69) is 29.2 Å². The van der Waals surface area contributed by atoms with Crippen LogP contribution in [-0.2, 0) is 16.0 Å². The third-order valence-electron chi connectivity index (χ3n) is 5.57. The first-order chi connectivity index (χ1) is 13.5. The van der Waals surface area contributed by atoms with Gasteiger partial charge >= 0.3 is 11.9 Å². The minimum absolute atomic E-state index is 0.558. The molecule has 2 saturated heterocycles. The molecule has 6 nitrogen and oxygen atoms in total. The number of carboxylic acid groups (broad SMARTS) is 2. The van der Waals surface area contributed by atoms with Gasteiger partial charge in [0.25, 0.3) is 0 Å². The highest BCUT2D eigenvalue weighted by Crippen LogP contribution is 2.44. The highest BCUT2D eigenvalue weighted by molar-refractivity contribution is 7.12. The molecule has 2 aromatic rings. The van der Waals surface area contributed by atoms with Gasteiger partial charge in [-0.1, -0.05) is 24.3 Å². The van der Waals surface area contributed by atoms with Crippen LogP contribution in [0.25, 0.3) is 11.3 Å². The summed E-state index contributed by atoms with van der Waals surface area (Å²) >= 11 is 1.98. The third-order valence-corrected chi connectivity index (χ3v) is 6.78. The second kappa shape index (κ2) is 7.85. The zero-order chi connectivity index (χ0) is 19.7. The minimum atomic E-state index is -1.26. The summed E-state index contributed by atoms with van der Waals surface area (Å²) in [5, 5.41) is 17.0. The fourth-order valence-electron chi connectivity index (χ4n) is 4.36. The quantitative estimate of drug-likeness (QED) is 0.658. The Balaban J connectivity index is 0.000000208. The summed E-state index contributed by atoms with van der Waals surface area (Å²) < 4.78 is 0. The molecule has 7 heteroatoms. The van der Waals surface area contributed by atoms with Crippen LogP contribution < -0.4 is 0 Å². The molecule has 2 N–H and O–H groups in total. The van der Waals surface area contributed by atoms with Gasteiger partial charge in [0.2, 0.25) is 0 Å². The van der Waals surface area contributed by atoms with E-state index in [-0.39, 0.29) is 0 Å². The molecule has 1 aliphatic carbocycles. The summed E-state index contributed by atoms with van der Waals surface area (Å²) in [6, 6.07) is 9.61. The first-order valence-corrected chi connectivity index (χ1v) is 10.3. The summed E-state index contributed by atoms with van der Waals surface area (Å²) in [7, 11) is 0. The van der Waals surface area contributed by atoms with Gasteiger partial charge in [-0.15, -0.1) is 11.3 Å². The van der Waals surface area contributed by atoms with Crippen LogP contribution in [-0.4, -0.2) is 51.2 Å². The largest absolute Gasteiger partial charge is 0.478 e. The molecular weight excluding hydrogens is 376 g/mol. The van der Waals surface area contributed by atoms with Gasteiger partial charge < -0.3 is 10.2 Å². The van der Waals surface area contributed by atoms with Gasteiger partial charge in [-0.2, -0.15) is 0 Å². The molecule has 3 heterocycles. The molecule has 5 rings (SSSR count). The molecule has 2 atom stereocenters. The molecule has 28 heavy (non-hydrogen) atoms. The Labute approximate surface area is 167 Å². The van der Waals surface area contributed by atoms with Crippen LogP contribution in [0.3, 0.4) is 0 Å². The summed E-state index contributed by atoms with van der Waals surface area (Å²) in [5.41, 5.74) is 4.12. The number of aromatic nitrogens is 1. The number of rotatable bonds is 3. The van der Waals surface area contributed by atoms with Gasteiger partial charge in [0.1, 0.15) is 0 Å². The molecule has 0 bridgehead atoms. The van der Waals surface area contributed by atoms with E-state index in [0.717, 1.165) is 12.5 Å². The summed E-state index contributed by atoms with van der Waals surface area (Å²) in [4.78, 5) is 28.3. The molecule has 1 aromatic heterocycles. The van der Waals surface area contributed by atoms with Crippen molar-refractivity contribution in [3.05, 3.63) is 51.9 Å². The van der Waals surface area contributed by atoms with Crippen molar-refractivity contribution in [2.45, 2.75) is 37.6 Å². The van der Waals surface area contributed by atoms with Gasteiger partial charge in [-0.05, 0) is 31.4 Å². The average molecular weight is 398 g/mol. The highest BCUT2D eigenvalue weighted by Gasteiger charge is 2.38. The van der Waals surface area contributed by atoms with E-state index in [4.69, 9.17) is 15.2 Å². The molecule has 3 aliphatic rings. The Bertz CT molecular complexity index is 908. The van der Waals surface area contributed by atoms with Crippen LogP contribution in [0, 0.1) is 0 Å². The lowest BCUT2D eigenvalue weighted by molar-refractivity contribution is -0.134. The average Bonchev–Trinajstić information content (AvgIpc) is 3.38. The van der Waals surface area contributed by atoms with Crippen molar-refractivity contribution in [2.24, 2.45) is 0 Å². The first kappa shape index (κ1) is 18.8. The summed E-state index contributed by atoms with van der Waals surface area (Å²) in [6.07, 6.45) is 6.37. The molecule has 146 valence electrons. The van der Waals surface area contributed by atoms with Gasteiger partial charge in [-0.3, -0.25) is 4.90 Å². The Hall–Kier alpha value is -2.51. The van der Waals surface area contributed by atoms with E-state index < -0.39 is 11.9 Å². The molecule has 0 radical (unpaired) electrons. The number of fused-ring (bicyclic) bond motifs is 4. The highest BCUT2D eigenvalue weighted by atomic mass is 32.1. The van der Waals surface area contributed by atoms with Crippen LogP contribution in [0.1, 0.15) is 40.6 Å². The molecule has 0 amide bonds. The maximum Gasteiger partial charge on any atom is 0.328 e. The van der Waals surface area contributed by atoms with E-state index in [1.165, 1.54) is 59.1 Å². The summed E-state index contributed by atoms with van der Waals surface area (Å²) in [5.74, 6) is -1.82. The van der Waals surface area contributed by atoms with Crippen LogP contribution in [0.15, 0.2) is 36.4 Å².